The maximum Gasteiger partial charge on any atom is 0.235 e. The number of sulfonamides is 1. The van der Waals surface area contributed by atoms with Crippen molar-refractivity contribution >= 4 is 32.5 Å². The molecule has 0 unspecified atom stereocenters. The smallest absolute Gasteiger partial charge is 0.235 e. The van der Waals surface area contributed by atoms with E-state index in [1.807, 2.05) is 6.07 Å². The predicted octanol–water partition coefficient (Wildman–Crippen LogP) is 3.49. The van der Waals surface area contributed by atoms with Gasteiger partial charge in [-0.05, 0) is 31.0 Å². The Morgan fingerprint density at radius 2 is 2.03 bits per heavy atom. The van der Waals surface area contributed by atoms with E-state index in [4.69, 9.17) is 5.26 Å². The number of benzene rings is 1. The van der Waals surface area contributed by atoms with Crippen LogP contribution in [0.5, 0.6) is 0 Å². The number of halogens is 1. The van der Waals surface area contributed by atoms with Gasteiger partial charge in [0.25, 0.3) is 0 Å². The van der Waals surface area contributed by atoms with E-state index in [2.05, 4.69) is 14.7 Å². The first kappa shape index (κ1) is 19.1. The number of anilines is 1. The third kappa shape index (κ3) is 3.47. The van der Waals surface area contributed by atoms with Crippen molar-refractivity contribution in [2.24, 2.45) is 0 Å². The summed E-state index contributed by atoms with van der Waals surface area (Å²) < 4.78 is 42.4. The van der Waals surface area contributed by atoms with Gasteiger partial charge in [-0.1, -0.05) is 18.9 Å². The monoisotopic (exact) mass is 412 g/mol. The number of rotatable bonds is 5. The minimum atomic E-state index is -3.73. The van der Waals surface area contributed by atoms with Crippen LogP contribution in [0.2, 0.25) is 0 Å². The molecular formula is C20H17FN4O3S. The minimum absolute atomic E-state index is 0.152. The second-order valence-corrected chi connectivity index (χ2v) is 8.94. The van der Waals surface area contributed by atoms with Crippen LogP contribution in [0.1, 0.15) is 47.2 Å². The summed E-state index contributed by atoms with van der Waals surface area (Å²) >= 11 is 0. The van der Waals surface area contributed by atoms with E-state index in [1.54, 1.807) is 0 Å². The first-order chi connectivity index (χ1) is 13.9. The average Bonchev–Trinajstić information content (AvgIpc) is 3.39. The molecule has 4 rings (SSSR count). The zero-order valence-electron chi connectivity index (χ0n) is 15.3. The number of aromatic amines is 1. The number of H-pyrrole nitrogens is 1. The number of hydrogen-bond donors (Lipinski definition) is 2. The molecule has 1 aliphatic rings. The highest BCUT2D eigenvalue weighted by Crippen LogP contribution is 2.29. The molecule has 29 heavy (non-hydrogen) atoms. The zero-order valence-corrected chi connectivity index (χ0v) is 16.1. The Bertz CT molecular complexity index is 1250. The Hall–Kier alpha value is -3.25. The molecule has 1 aliphatic carbocycles. The molecule has 1 fully saturated rings. The summed E-state index contributed by atoms with van der Waals surface area (Å²) in [7, 11) is -3.73. The highest BCUT2D eigenvalue weighted by molar-refractivity contribution is 7.93. The van der Waals surface area contributed by atoms with E-state index in [-0.39, 0.29) is 22.4 Å². The highest BCUT2D eigenvalue weighted by Gasteiger charge is 2.30. The number of hydrogen-bond acceptors (Lipinski definition) is 5. The lowest BCUT2D eigenvalue weighted by Gasteiger charge is -2.15. The van der Waals surface area contributed by atoms with Crippen molar-refractivity contribution in [3.63, 3.8) is 0 Å². The first-order valence-electron chi connectivity index (χ1n) is 9.13. The Morgan fingerprint density at radius 3 is 2.76 bits per heavy atom. The van der Waals surface area contributed by atoms with Gasteiger partial charge in [0.1, 0.15) is 11.7 Å². The van der Waals surface area contributed by atoms with Gasteiger partial charge in [-0.3, -0.25) is 9.52 Å². The van der Waals surface area contributed by atoms with Gasteiger partial charge < -0.3 is 4.98 Å². The fourth-order valence-electron chi connectivity index (χ4n) is 3.62. The zero-order chi connectivity index (χ0) is 20.6. The molecule has 0 radical (unpaired) electrons. The molecular weight excluding hydrogens is 395 g/mol. The van der Waals surface area contributed by atoms with Crippen LogP contribution in [-0.4, -0.2) is 29.4 Å². The Labute approximate surface area is 166 Å². The number of nitriles is 1. The number of fused-ring (bicyclic) bond motifs is 1. The summed E-state index contributed by atoms with van der Waals surface area (Å²) in [6.07, 6.45) is 5.50. The maximum atomic E-state index is 15.1. The second kappa shape index (κ2) is 7.29. The number of carbonyl (C=O) groups is 1. The Morgan fingerprint density at radius 1 is 1.28 bits per heavy atom. The van der Waals surface area contributed by atoms with Crippen LogP contribution in [0.15, 0.2) is 36.7 Å². The lowest BCUT2D eigenvalue weighted by molar-refractivity contribution is 0.103. The molecule has 2 heterocycles. The minimum Gasteiger partial charge on any atom is -0.345 e. The molecule has 0 atom stereocenters. The van der Waals surface area contributed by atoms with E-state index in [0.29, 0.717) is 23.9 Å². The molecule has 3 aromatic rings. The van der Waals surface area contributed by atoms with Gasteiger partial charge in [-0.2, -0.15) is 5.26 Å². The van der Waals surface area contributed by atoms with Crippen LogP contribution in [-0.2, 0) is 10.0 Å². The molecule has 9 heteroatoms. The number of carbonyl (C=O) groups excluding carboxylic acids is 1. The highest BCUT2D eigenvalue weighted by atomic mass is 32.2. The molecule has 2 aromatic heterocycles. The van der Waals surface area contributed by atoms with Gasteiger partial charge in [-0.25, -0.2) is 17.8 Å². The van der Waals surface area contributed by atoms with Crippen molar-refractivity contribution in [3.05, 3.63) is 59.2 Å². The second-order valence-electron chi connectivity index (χ2n) is 6.98. The van der Waals surface area contributed by atoms with Crippen molar-refractivity contribution in [3.8, 4) is 6.07 Å². The van der Waals surface area contributed by atoms with Crippen LogP contribution >= 0.6 is 0 Å². The standard InChI is InChI=1S/C20H17FN4O3S/c21-18-14(6-3-7-17(18)25-29(27,28)13-4-1-2-5-13)19(26)16-11-24-20-15(16)8-12(9-22)10-23-20/h3,6-8,10-11,13,25H,1-2,4-5H2,(H,23,24). The van der Waals surface area contributed by atoms with Gasteiger partial charge in [-0.15, -0.1) is 0 Å². The summed E-state index contributed by atoms with van der Waals surface area (Å²) in [5.74, 6) is -1.56. The van der Waals surface area contributed by atoms with E-state index in [9.17, 15) is 13.2 Å². The third-order valence-electron chi connectivity index (χ3n) is 5.14. The van der Waals surface area contributed by atoms with Crippen molar-refractivity contribution in [1.29, 1.82) is 5.26 Å². The third-order valence-corrected chi connectivity index (χ3v) is 6.99. The van der Waals surface area contributed by atoms with Gasteiger partial charge in [0.05, 0.1) is 22.1 Å². The lowest BCUT2D eigenvalue weighted by atomic mass is 10.0. The van der Waals surface area contributed by atoms with E-state index in [1.165, 1.54) is 36.7 Å². The fraction of sp³-hybridized carbons (Fsp3) is 0.250. The van der Waals surface area contributed by atoms with Crippen LogP contribution in [0, 0.1) is 17.1 Å². The number of nitrogens with one attached hydrogen (secondary N) is 2. The normalized spacial score (nSPS) is 14.8. The summed E-state index contributed by atoms with van der Waals surface area (Å²) in [4.78, 5) is 19.9. The summed E-state index contributed by atoms with van der Waals surface area (Å²) in [6, 6.07) is 7.47. The van der Waals surface area contributed by atoms with Gasteiger partial charge >= 0.3 is 0 Å². The van der Waals surface area contributed by atoms with E-state index >= 15 is 4.39 Å². The van der Waals surface area contributed by atoms with Crippen LogP contribution in [0.3, 0.4) is 0 Å². The fourth-order valence-corrected chi connectivity index (χ4v) is 5.20. The SMILES string of the molecule is N#Cc1cnc2[nH]cc(C(=O)c3cccc(NS(=O)(=O)C4CCCC4)c3F)c2c1. The van der Waals surface area contributed by atoms with Gasteiger partial charge in [0, 0.05) is 23.3 Å². The number of nitrogens with zero attached hydrogens (tertiary/aromatic N) is 2. The van der Waals surface area contributed by atoms with Crippen molar-refractivity contribution < 1.29 is 17.6 Å². The molecule has 0 spiro atoms. The molecule has 0 amide bonds. The van der Waals surface area contributed by atoms with Crippen molar-refractivity contribution in [2.75, 3.05) is 4.72 Å². The molecule has 0 saturated heterocycles. The van der Waals surface area contributed by atoms with Crippen molar-refractivity contribution in [2.45, 2.75) is 30.9 Å². The number of ketones is 1. The molecule has 148 valence electrons. The topological polar surface area (TPSA) is 116 Å². The number of pyridine rings is 1. The summed E-state index contributed by atoms with van der Waals surface area (Å²) in [6.45, 7) is 0. The predicted molar refractivity (Wildman–Crippen MR) is 105 cm³/mol. The molecule has 2 N–H and O–H groups in total. The van der Waals surface area contributed by atoms with Gasteiger partial charge in [0.2, 0.25) is 10.0 Å². The first-order valence-corrected chi connectivity index (χ1v) is 10.7. The van der Waals surface area contributed by atoms with Crippen LogP contribution in [0.4, 0.5) is 10.1 Å². The average molecular weight is 412 g/mol. The van der Waals surface area contributed by atoms with Crippen LogP contribution in [0.25, 0.3) is 11.0 Å². The summed E-state index contributed by atoms with van der Waals surface area (Å²) in [5.41, 5.74) is 0.299. The van der Waals surface area contributed by atoms with Gasteiger partial charge in [0.15, 0.2) is 11.6 Å². The molecule has 0 aliphatic heterocycles. The quantitative estimate of drug-likeness (QED) is 0.623. The molecule has 7 nitrogen and oxygen atoms in total. The largest absolute Gasteiger partial charge is 0.345 e. The van der Waals surface area contributed by atoms with E-state index in [0.717, 1.165) is 12.8 Å². The number of aromatic nitrogens is 2. The Kier molecular flexibility index (Phi) is 4.80. The van der Waals surface area contributed by atoms with E-state index < -0.39 is 26.9 Å². The molecule has 0 bridgehead atoms. The molecule has 1 saturated carbocycles. The maximum absolute atomic E-state index is 15.1. The van der Waals surface area contributed by atoms with Crippen LogP contribution < -0.4 is 4.72 Å². The molecule has 1 aromatic carbocycles. The van der Waals surface area contributed by atoms with Crippen molar-refractivity contribution in [1.82, 2.24) is 9.97 Å². The summed E-state index contributed by atoms with van der Waals surface area (Å²) in [5, 5.41) is 8.89. The Balaban J connectivity index is 1.70. The lowest BCUT2D eigenvalue weighted by Crippen LogP contribution is -2.26.